The molecule has 0 amide bonds. The quantitative estimate of drug-likeness (QED) is 0.535. The summed E-state index contributed by atoms with van der Waals surface area (Å²) >= 11 is 6.36. The van der Waals surface area contributed by atoms with Gasteiger partial charge in [-0.25, -0.2) is 0 Å². The normalized spacial score (nSPS) is 19.3. The molecule has 3 heteroatoms. The molecule has 1 aromatic carbocycles. The molecule has 1 fully saturated rings. The molecule has 1 nitrogen and oxygen atoms in total. The summed E-state index contributed by atoms with van der Waals surface area (Å²) < 4.78 is 0. The fraction of sp³-hybridized carbons (Fsp3) is 0.0909. The maximum atomic E-state index is 11.1. The van der Waals surface area contributed by atoms with Crippen LogP contribution < -0.4 is 0 Å². The number of hydrogen-bond acceptors (Lipinski definition) is 3. The topological polar surface area (TPSA) is 17.1 Å². The van der Waals surface area contributed by atoms with E-state index in [1.807, 2.05) is 36.4 Å². The SMILES string of the molecule is O=C1CC(=S)/C(=C\c2ccccc2)S1. The van der Waals surface area contributed by atoms with E-state index < -0.39 is 0 Å². The maximum absolute atomic E-state index is 11.1. The Bertz CT molecular complexity index is 407. The van der Waals surface area contributed by atoms with Gasteiger partial charge in [0.05, 0.1) is 6.42 Å². The average molecular weight is 220 g/mol. The summed E-state index contributed by atoms with van der Waals surface area (Å²) in [7, 11) is 0. The lowest BCUT2D eigenvalue weighted by molar-refractivity contribution is -0.109. The summed E-state index contributed by atoms with van der Waals surface area (Å²) in [5.74, 6) is 0. The van der Waals surface area contributed by atoms with Crippen molar-refractivity contribution < 1.29 is 4.79 Å². The maximum Gasteiger partial charge on any atom is 0.198 e. The highest BCUT2D eigenvalue weighted by molar-refractivity contribution is 8.19. The Morgan fingerprint density at radius 3 is 2.57 bits per heavy atom. The van der Waals surface area contributed by atoms with E-state index in [0.29, 0.717) is 6.42 Å². The van der Waals surface area contributed by atoms with Gasteiger partial charge in [0.2, 0.25) is 0 Å². The van der Waals surface area contributed by atoms with E-state index in [-0.39, 0.29) is 5.12 Å². The lowest BCUT2D eigenvalue weighted by atomic mass is 10.2. The predicted octanol–water partition coefficient (Wildman–Crippen LogP) is 3.06. The Morgan fingerprint density at radius 2 is 2.00 bits per heavy atom. The fourth-order valence-corrected chi connectivity index (χ4v) is 2.49. The summed E-state index contributed by atoms with van der Waals surface area (Å²) in [6.45, 7) is 0. The molecule has 1 saturated heterocycles. The molecule has 0 spiro atoms. The number of hydrogen-bond donors (Lipinski definition) is 0. The smallest absolute Gasteiger partial charge is 0.198 e. The molecular weight excluding hydrogens is 212 g/mol. The van der Waals surface area contributed by atoms with E-state index in [4.69, 9.17) is 12.2 Å². The summed E-state index contributed by atoms with van der Waals surface area (Å²) in [5, 5.41) is 0.150. The van der Waals surface area contributed by atoms with Crippen molar-refractivity contribution in [2.24, 2.45) is 0 Å². The van der Waals surface area contributed by atoms with Gasteiger partial charge in [-0.2, -0.15) is 0 Å². The minimum absolute atomic E-state index is 0.150. The average Bonchev–Trinajstić information content (AvgIpc) is 2.47. The van der Waals surface area contributed by atoms with Gasteiger partial charge in [0.25, 0.3) is 0 Å². The van der Waals surface area contributed by atoms with E-state index in [0.717, 1.165) is 15.3 Å². The van der Waals surface area contributed by atoms with Crippen LogP contribution in [-0.4, -0.2) is 9.98 Å². The van der Waals surface area contributed by atoms with Crippen molar-refractivity contribution in [3.8, 4) is 0 Å². The van der Waals surface area contributed by atoms with E-state index in [2.05, 4.69) is 0 Å². The lowest BCUT2D eigenvalue weighted by Crippen LogP contribution is -1.88. The molecule has 0 radical (unpaired) electrons. The number of benzene rings is 1. The zero-order valence-electron chi connectivity index (χ0n) is 7.40. The third kappa shape index (κ3) is 2.11. The molecule has 2 rings (SSSR count). The van der Waals surface area contributed by atoms with Crippen LogP contribution in [0.2, 0.25) is 0 Å². The molecule has 70 valence electrons. The Kier molecular flexibility index (Phi) is 2.79. The second-order valence-electron chi connectivity index (χ2n) is 2.99. The molecule has 1 aliphatic rings. The number of carbonyl (C=O) groups is 1. The minimum atomic E-state index is 0.150. The van der Waals surface area contributed by atoms with Crippen LogP contribution >= 0.6 is 24.0 Å². The van der Waals surface area contributed by atoms with Gasteiger partial charge in [-0.15, -0.1) is 0 Å². The molecule has 1 heterocycles. The highest BCUT2D eigenvalue weighted by Crippen LogP contribution is 2.31. The summed E-state index contributed by atoms with van der Waals surface area (Å²) in [4.78, 5) is 12.8. The van der Waals surface area contributed by atoms with Gasteiger partial charge in [-0.1, -0.05) is 54.3 Å². The van der Waals surface area contributed by atoms with Gasteiger partial charge >= 0.3 is 0 Å². The van der Waals surface area contributed by atoms with Crippen LogP contribution in [0.4, 0.5) is 0 Å². The molecule has 0 aromatic heterocycles. The lowest BCUT2D eigenvalue weighted by Gasteiger charge is -1.95. The van der Waals surface area contributed by atoms with E-state index >= 15 is 0 Å². The Hall–Kier alpha value is -0.930. The molecule has 0 unspecified atom stereocenters. The Morgan fingerprint density at radius 1 is 1.29 bits per heavy atom. The van der Waals surface area contributed by atoms with Crippen LogP contribution in [0.15, 0.2) is 35.2 Å². The first kappa shape index (κ1) is 9.62. The first-order valence-electron chi connectivity index (χ1n) is 4.26. The van der Waals surface area contributed by atoms with Crippen LogP contribution in [0, 0.1) is 0 Å². The first-order chi connectivity index (χ1) is 6.75. The molecule has 0 aliphatic carbocycles. The zero-order chi connectivity index (χ0) is 9.97. The zero-order valence-corrected chi connectivity index (χ0v) is 9.03. The number of allylic oxidation sites excluding steroid dienone is 1. The van der Waals surface area contributed by atoms with Crippen LogP contribution in [0.3, 0.4) is 0 Å². The molecule has 0 saturated carbocycles. The molecular formula is C11H8OS2. The van der Waals surface area contributed by atoms with Gasteiger partial charge in [-0.3, -0.25) is 4.79 Å². The standard InChI is InChI=1S/C11H8OS2/c12-11-7-9(13)10(14-11)6-8-4-2-1-3-5-8/h1-6H,7H2/b10-6+. The predicted molar refractivity (Wildman–Crippen MR) is 64.2 cm³/mol. The molecule has 0 atom stereocenters. The third-order valence-electron chi connectivity index (χ3n) is 1.90. The van der Waals surface area contributed by atoms with Crippen molar-refractivity contribution in [3.63, 3.8) is 0 Å². The molecule has 1 aromatic rings. The summed E-state index contributed by atoms with van der Waals surface area (Å²) in [6, 6.07) is 9.90. The monoisotopic (exact) mass is 220 g/mol. The van der Waals surface area contributed by atoms with Crippen molar-refractivity contribution in [3.05, 3.63) is 40.8 Å². The van der Waals surface area contributed by atoms with Gasteiger partial charge in [0.15, 0.2) is 5.12 Å². The summed E-state index contributed by atoms with van der Waals surface area (Å²) in [6.07, 6.45) is 2.39. The second kappa shape index (κ2) is 4.07. The van der Waals surface area contributed by atoms with Gasteiger partial charge in [-0.05, 0) is 11.6 Å². The minimum Gasteiger partial charge on any atom is -0.286 e. The van der Waals surface area contributed by atoms with E-state index in [1.54, 1.807) is 0 Å². The van der Waals surface area contributed by atoms with Crippen molar-refractivity contribution in [1.82, 2.24) is 0 Å². The van der Waals surface area contributed by atoms with Crippen molar-refractivity contribution in [2.45, 2.75) is 6.42 Å². The Labute approximate surface area is 92.2 Å². The number of thioether (sulfide) groups is 1. The molecule has 0 bridgehead atoms. The second-order valence-corrected chi connectivity index (χ2v) is 4.59. The van der Waals surface area contributed by atoms with Crippen LogP contribution in [0.1, 0.15) is 12.0 Å². The highest BCUT2D eigenvalue weighted by atomic mass is 32.2. The molecule has 1 aliphatic heterocycles. The Balaban J connectivity index is 2.28. The van der Waals surface area contributed by atoms with Gasteiger partial charge < -0.3 is 0 Å². The first-order valence-corrected chi connectivity index (χ1v) is 5.49. The molecule has 0 N–H and O–H groups in total. The largest absolute Gasteiger partial charge is 0.286 e. The highest BCUT2D eigenvalue weighted by Gasteiger charge is 2.21. The van der Waals surface area contributed by atoms with Crippen molar-refractivity contribution in [2.75, 3.05) is 0 Å². The van der Waals surface area contributed by atoms with Gasteiger partial charge in [0, 0.05) is 9.77 Å². The van der Waals surface area contributed by atoms with Crippen LogP contribution in [0.25, 0.3) is 6.08 Å². The van der Waals surface area contributed by atoms with Gasteiger partial charge in [0.1, 0.15) is 0 Å². The van der Waals surface area contributed by atoms with E-state index in [9.17, 15) is 4.79 Å². The number of thiocarbonyl (C=S) groups is 1. The molecule has 14 heavy (non-hydrogen) atoms. The summed E-state index contributed by atoms with van der Waals surface area (Å²) in [5.41, 5.74) is 1.09. The van der Waals surface area contributed by atoms with Crippen LogP contribution in [0.5, 0.6) is 0 Å². The van der Waals surface area contributed by atoms with E-state index in [1.165, 1.54) is 11.8 Å². The van der Waals surface area contributed by atoms with Crippen molar-refractivity contribution in [1.29, 1.82) is 0 Å². The number of rotatable bonds is 1. The van der Waals surface area contributed by atoms with Crippen molar-refractivity contribution >= 4 is 40.0 Å². The van der Waals surface area contributed by atoms with Crippen LogP contribution in [-0.2, 0) is 4.79 Å². The third-order valence-corrected chi connectivity index (χ3v) is 3.35. The number of carbonyl (C=O) groups excluding carboxylic acids is 1. The fourth-order valence-electron chi connectivity index (χ4n) is 1.24.